The van der Waals surface area contributed by atoms with Crippen LogP contribution in [0.25, 0.3) is 11.1 Å². The topological polar surface area (TPSA) is 35.6 Å². The minimum absolute atomic E-state index is 0.625. The number of benzene rings is 1. The van der Waals surface area contributed by atoms with Gasteiger partial charge in [-0.05, 0) is 81.8 Å². The molecule has 0 fully saturated rings. The van der Waals surface area contributed by atoms with Crippen LogP contribution in [0.15, 0.2) is 6.33 Å². The van der Waals surface area contributed by atoms with Crippen molar-refractivity contribution in [1.82, 2.24) is 19.3 Å². The third kappa shape index (κ3) is 2.77. The van der Waals surface area contributed by atoms with Gasteiger partial charge in [0.2, 0.25) is 0 Å². The fourth-order valence-corrected chi connectivity index (χ4v) is 4.18. The molecule has 0 aliphatic carbocycles. The van der Waals surface area contributed by atoms with Crippen molar-refractivity contribution in [2.75, 3.05) is 0 Å². The largest absolute Gasteiger partial charge is 0.339 e. The Bertz CT molecular complexity index is 979. The maximum atomic E-state index is 6.85. The van der Waals surface area contributed by atoms with E-state index < -0.39 is 0 Å². The monoisotopic (exact) mass is 370 g/mol. The number of aromatic nitrogens is 4. The molecular formula is C21H27ClN4. The zero-order chi connectivity index (χ0) is 19.3. The molecule has 0 N–H and O–H groups in total. The predicted molar refractivity (Wildman–Crippen MR) is 108 cm³/mol. The number of hydrogen-bond donors (Lipinski definition) is 0. The molecule has 1 aromatic carbocycles. The van der Waals surface area contributed by atoms with Crippen LogP contribution in [-0.2, 0) is 13.6 Å². The Morgan fingerprint density at radius 3 is 1.85 bits per heavy atom. The molecule has 0 spiro atoms. The molecule has 4 nitrogen and oxygen atoms in total. The van der Waals surface area contributed by atoms with Gasteiger partial charge in [-0.25, -0.2) is 4.98 Å². The van der Waals surface area contributed by atoms with Crippen molar-refractivity contribution < 1.29 is 0 Å². The highest BCUT2D eigenvalue weighted by molar-refractivity contribution is 6.34. The molecule has 0 saturated carbocycles. The second-order valence-electron chi connectivity index (χ2n) is 7.28. The van der Waals surface area contributed by atoms with Crippen molar-refractivity contribution in [3.05, 3.63) is 56.4 Å². The van der Waals surface area contributed by atoms with Gasteiger partial charge < -0.3 is 4.57 Å². The first-order chi connectivity index (χ1) is 12.1. The minimum Gasteiger partial charge on any atom is -0.339 e. The summed E-state index contributed by atoms with van der Waals surface area (Å²) >= 11 is 6.85. The molecule has 138 valence electrons. The Kier molecular flexibility index (Phi) is 4.74. The molecule has 2 heterocycles. The van der Waals surface area contributed by atoms with E-state index in [0.29, 0.717) is 6.54 Å². The molecule has 0 radical (unpaired) electrons. The first-order valence-electron chi connectivity index (χ1n) is 8.92. The van der Waals surface area contributed by atoms with Crippen LogP contribution in [0.1, 0.15) is 45.0 Å². The summed E-state index contributed by atoms with van der Waals surface area (Å²) in [5.74, 6) is 0.793. The lowest BCUT2D eigenvalue weighted by Crippen LogP contribution is -2.06. The van der Waals surface area contributed by atoms with Crippen LogP contribution in [0.4, 0.5) is 0 Å². The number of aryl methyl sites for hydroxylation is 1. The highest BCUT2D eigenvalue weighted by atomic mass is 35.5. The molecule has 5 heteroatoms. The summed E-state index contributed by atoms with van der Waals surface area (Å²) in [7, 11) is 1.88. The summed E-state index contributed by atoms with van der Waals surface area (Å²) in [4.78, 5) is 4.37. The molecular weight excluding hydrogens is 344 g/mol. The lowest BCUT2D eigenvalue weighted by molar-refractivity contribution is 0.682. The number of rotatable bonds is 3. The van der Waals surface area contributed by atoms with Crippen molar-refractivity contribution in [2.24, 2.45) is 7.05 Å². The van der Waals surface area contributed by atoms with Crippen LogP contribution < -0.4 is 0 Å². The summed E-state index contributed by atoms with van der Waals surface area (Å²) in [5.41, 5.74) is 11.3. The second-order valence-corrected chi connectivity index (χ2v) is 7.66. The van der Waals surface area contributed by atoms with Gasteiger partial charge in [0.25, 0.3) is 0 Å². The Balaban J connectivity index is 2.24. The maximum absolute atomic E-state index is 6.85. The zero-order valence-corrected chi connectivity index (χ0v) is 17.7. The average Bonchev–Trinajstić information content (AvgIpc) is 3.10. The van der Waals surface area contributed by atoms with Crippen LogP contribution in [0.2, 0.25) is 5.02 Å². The molecule has 3 rings (SSSR count). The van der Waals surface area contributed by atoms with E-state index in [9.17, 15) is 0 Å². The number of halogens is 1. The first kappa shape index (κ1) is 18.7. The molecule has 0 saturated heterocycles. The summed E-state index contributed by atoms with van der Waals surface area (Å²) in [6.07, 6.45) is 1.73. The Morgan fingerprint density at radius 1 is 0.808 bits per heavy atom. The molecule has 0 unspecified atom stereocenters. The van der Waals surface area contributed by atoms with Gasteiger partial charge in [0.05, 0.1) is 11.6 Å². The molecule has 2 aromatic heterocycles. The van der Waals surface area contributed by atoms with Gasteiger partial charge in [0, 0.05) is 24.0 Å². The standard InChI is InChI=1S/C21H27ClN4/c1-11-12(2)14(4)19(15(5)13(11)3)20-16(6)26(17(7)21(20)22)9-18-23-10-25(8)24-18/h10H,9H2,1-8H3. The maximum Gasteiger partial charge on any atom is 0.170 e. The van der Waals surface area contributed by atoms with E-state index in [-0.39, 0.29) is 0 Å². The van der Waals surface area contributed by atoms with Crippen molar-refractivity contribution in [3.8, 4) is 11.1 Å². The normalized spacial score (nSPS) is 11.4. The van der Waals surface area contributed by atoms with Crippen LogP contribution in [-0.4, -0.2) is 19.3 Å². The second kappa shape index (κ2) is 6.58. The van der Waals surface area contributed by atoms with E-state index in [1.54, 1.807) is 11.0 Å². The third-order valence-corrected chi connectivity index (χ3v) is 6.37. The van der Waals surface area contributed by atoms with Gasteiger partial charge in [0.15, 0.2) is 5.82 Å². The van der Waals surface area contributed by atoms with Gasteiger partial charge in [-0.3, -0.25) is 4.68 Å². The molecule has 26 heavy (non-hydrogen) atoms. The lowest BCUT2D eigenvalue weighted by Gasteiger charge is -2.19. The van der Waals surface area contributed by atoms with E-state index in [1.807, 2.05) is 7.05 Å². The average molecular weight is 371 g/mol. The minimum atomic E-state index is 0.625. The van der Waals surface area contributed by atoms with E-state index in [0.717, 1.165) is 27.8 Å². The van der Waals surface area contributed by atoms with Crippen LogP contribution >= 0.6 is 11.6 Å². The predicted octanol–water partition coefficient (Wildman–Crippen LogP) is 5.14. The van der Waals surface area contributed by atoms with Crippen molar-refractivity contribution in [2.45, 2.75) is 55.0 Å². The van der Waals surface area contributed by atoms with Crippen molar-refractivity contribution in [1.29, 1.82) is 0 Å². The smallest absolute Gasteiger partial charge is 0.170 e. The lowest BCUT2D eigenvalue weighted by atomic mass is 9.86. The fourth-order valence-electron chi connectivity index (χ4n) is 3.85. The highest BCUT2D eigenvalue weighted by Gasteiger charge is 2.23. The quantitative estimate of drug-likeness (QED) is 0.639. The number of hydrogen-bond acceptors (Lipinski definition) is 2. The van der Waals surface area contributed by atoms with E-state index >= 15 is 0 Å². The molecule has 0 atom stereocenters. The Hall–Kier alpha value is -2.07. The fraction of sp³-hybridized carbons (Fsp3) is 0.429. The van der Waals surface area contributed by atoms with Gasteiger partial charge in [-0.2, -0.15) is 5.10 Å². The van der Waals surface area contributed by atoms with Crippen molar-refractivity contribution in [3.63, 3.8) is 0 Å². The molecule has 3 aromatic rings. The number of nitrogens with zero attached hydrogens (tertiary/aromatic N) is 4. The van der Waals surface area contributed by atoms with Crippen LogP contribution in [0.3, 0.4) is 0 Å². The Morgan fingerprint density at radius 2 is 1.35 bits per heavy atom. The van der Waals surface area contributed by atoms with E-state index in [2.05, 4.69) is 63.1 Å². The van der Waals surface area contributed by atoms with Crippen LogP contribution in [0, 0.1) is 48.5 Å². The van der Waals surface area contributed by atoms with E-state index in [4.69, 9.17) is 11.6 Å². The molecule has 0 aliphatic heterocycles. The van der Waals surface area contributed by atoms with Gasteiger partial charge in [0.1, 0.15) is 6.33 Å². The Labute approximate surface area is 160 Å². The molecule has 0 bridgehead atoms. The molecule has 0 amide bonds. The summed E-state index contributed by atoms with van der Waals surface area (Å²) in [5, 5.41) is 5.24. The third-order valence-electron chi connectivity index (χ3n) is 5.91. The zero-order valence-electron chi connectivity index (χ0n) is 17.0. The first-order valence-corrected chi connectivity index (χ1v) is 9.29. The van der Waals surface area contributed by atoms with Gasteiger partial charge in [-0.1, -0.05) is 11.6 Å². The van der Waals surface area contributed by atoms with Gasteiger partial charge >= 0.3 is 0 Å². The SMILES string of the molecule is Cc1c(C)c(C)c(-c2c(Cl)c(C)n(Cc3ncn(C)n3)c2C)c(C)c1C. The highest BCUT2D eigenvalue weighted by Crippen LogP contribution is 2.42. The summed E-state index contributed by atoms with van der Waals surface area (Å²) in [6.45, 7) is 15.8. The molecule has 0 aliphatic rings. The summed E-state index contributed by atoms with van der Waals surface area (Å²) < 4.78 is 3.95. The summed E-state index contributed by atoms with van der Waals surface area (Å²) in [6, 6.07) is 0. The van der Waals surface area contributed by atoms with Crippen molar-refractivity contribution >= 4 is 11.6 Å². The van der Waals surface area contributed by atoms with Crippen LogP contribution in [0.5, 0.6) is 0 Å². The van der Waals surface area contributed by atoms with E-state index in [1.165, 1.54) is 33.4 Å². The van der Waals surface area contributed by atoms with Gasteiger partial charge in [-0.15, -0.1) is 0 Å².